The topological polar surface area (TPSA) is 43.9 Å². The monoisotopic (exact) mass is 619 g/mol. The van der Waals surface area contributed by atoms with Gasteiger partial charge in [-0.15, -0.1) is 0 Å². The quantitative estimate of drug-likeness (QED) is 0.185. The minimum Gasteiger partial charge on any atom is -0.455 e. The van der Waals surface area contributed by atoms with Crippen molar-refractivity contribution in [2.75, 3.05) is 0 Å². The zero-order valence-corrected chi connectivity index (χ0v) is 27.0. The highest BCUT2D eigenvalue weighted by molar-refractivity contribution is 7.04. The third-order valence-corrected chi connectivity index (χ3v) is 13.5. The smallest absolute Gasteiger partial charge is 0.160 e. The summed E-state index contributed by atoms with van der Waals surface area (Å²) in [5, 5.41) is 7.32. The number of nitrogens with zero attached hydrogens (tertiary/aromatic N) is 3. The van der Waals surface area contributed by atoms with Crippen LogP contribution >= 0.6 is 0 Å². The molecule has 0 fully saturated rings. The van der Waals surface area contributed by atoms with Crippen LogP contribution in [0.3, 0.4) is 0 Å². The molecule has 3 aromatic heterocycles. The molecule has 0 bridgehead atoms. The Kier molecular flexibility index (Phi) is 5.41. The molecule has 0 amide bonds. The number of rotatable bonds is 3. The molecular weight excluding hydrogens is 591 g/mol. The normalized spacial score (nSPS) is 13.5. The first-order valence-electron chi connectivity index (χ1n) is 16.1. The van der Waals surface area contributed by atoms with Gasteiger partial charge in [0.15, 0.2) is 5.82 Å². The number of furan rings is 1. The van der Waals surface area contributed by atoms with Gasteiger partial charge in [-0.2, -0.15) is 0 Å². The predicted molar refractivity (Wildman–Crippen MR) is 197 cm³/mol. The van der Waals surface area contributed by atoms with E-state index in [1.807, 2.05) is 12.1 Å². The van der Waals surface area contributed by atoms with Gasteiger partial charge in [-0.25, -0.2) is 9.97 Å². The van der Waals surface area contributed by atoms with E-state index in [9.17, 15) is 0 Å². The average Bonchev–Trinajstić information content (AvgIpc) is 3.74. The van der Waals surface area contributed by atoms with E-state index in [2.05, 4.69) is 145 Å². The molecule has 0 radical (unpaired) electrons. The molecule has 1 aliphatic rings. The highest BCUT2D eigenvalue weighted by atomic mass is 28.3. The Labute approximate surface area is 272 Å². The molecule has 10 rings (SSSR count). The Morgan fingerprint density at radius 1 is 0.574 bits per heavy atom. The van der Waals surface area contributed by atoms with E-state index in [-0.39, 0.29) is 0 Å². The number of hydrogen-bond donors (Lipinski definition) is 0. The lowest BCUT2D eigenvalue weighted by atomic mass is 10.1. The first-order valence-corrected chi connectivity index (χ1v) is 19.1. The Balaban J connectivity index is 1.25. The molecule has 5 heteroatoms. The van der Waals surface area contributed by atoms with Gasteiger partial charge in [0.2, 0.25) is 0 Å². The maximum Gasteiger partial charge on any atom is 0.160 e. The van der Waals surface area contributed by atoms with Crippen molar-refractivity contribution in [3.8, 4) is 39.6 Å². The molecule has 4 heterocycles. The van der Waals surface area contributed by atoms with Gasteiger partial charge in [-0.1, -0.05) is 116 Å². The van der Waals surface area contributed by atoms with Crippen LogP contribution in [0.25, 0.3) is 83.3 Å². The molecule has 47 heavy (non-hydrogen) atoms. The molecule has 4 nitrogen and oxygen atoms in total. The number of para-hydroxylation sites is 2. The zero-order chi connectivity index (χ0) is 31.3. The largest absolute Gasteiger partial charge is 0.455 e. The third-order valence-electron chi connectivity index (χ3n) is 9.98. The second-order valence-electron chi connectivity index (χ2n) is 13.0. The van der Waals surface area contributed by atoms with E-state index in [4.69, 9.17) is 14.4 Å². The number of benzene rings is 6. The van der Waals surface area contributed by atoms with Crippen molar-refractivity contribution in [3.05, 3.63) is 140 Å². The van der Waals surface area contributed by atoms with Gasteiger partial charge in [-0.3, -0.25) is 0 Å². The van der Waals surface area contributed by atoms with Crippen LogP contribution in [0.15, 0.2) is 144 Å². The first kappa shape index (κ1) is 26.4. The fourth-order valence-corrected chi connectivity index (χ4v) is 11.1. The molecule has 0 aliphatic carbocycles. The maximum atomic E-state index is 6.55. The fourth-order valence-electron chi connectivity index (χ4n) is 7.85. The van der Waals surface area contributed by atoms with Crippen LogP contribution in [0, 0.1) is 0 Å². The van der Waals surface area contributed by atoms with Gasteiger partial charge in [0.1, 0.15) is 19.2 Å². The SMILES string of the molecule is C[Si]1(C)c2ccccc2-c2nc(-c3ccccc3)nc(-c3cccc(-n4c5ccccc5c5c6oc7ccccc7c6ccc54)c3)c21. The number of aromatic nitrogens is 3. The Bertz CT molecular complexity index is 2720. The summed E-state index contributed by atoms with van der Waals surface area (Å²) in [7, 11) is -2.09. The van der Waals surface area contributed by atoms with E-state index in [1.165, 1.54) is 21.3 Å². The summed E-state index contributed by atoms with van der Waals surface area (Å²) in [6.45, 7) is 4.87. The van der Waals surface area contributed by atoms with Crippen molar-refractivity contribution in [2.24, 2.45) is 0 Å². The van der Waals surface area contributed by atoms with Crippen molar-refractivity contribution in [1.29, 1.82) is 0 Å². The lowest BCUT2D eigenvalue weighted by molar-refractivity contribution is 0.673. The summed E-state index contributed by atoms with van der Waals surface area (Å²) in [6, 6.07) is 49.4. The lowest BCUT2D eigenvalue weighted by Gasteiger charge is -2.22. The van der Waals surface area contributed by atoms with E-state index in [1.54, 1.807) is 0 Å². The number of hydrogen-bond acceptors (Lipinski definition) is 3. The van der Waals surface area contributed by atoms with Gasteiger partial charge in [0, 0.05) is 33.0 Å². The van der Waals surface area contributed by atoms with Crippen LogP contribution < -0.4 is 10.4 Å². The summed E-state index contributed by atoms with van der Waals surface area (Å²) in [5.74, 6) is 0.760. The van der Waals surface area contributed by atoms with Crippen LogP contribution in [-0.2, 0) is 0 Å². The highest BCUT2D eigenvalue weighted by Gasteiger charge is 2.41. The fraction of sp³-hybridized carbons (Fsp3) is 0.0476. The maximum absolute atomic E-state index is 6.55. The first-order chi connectivity index (χ1) is 23.1. The minimum atomic E-state index is -2.09. The summed E-state index contributed by atoms with van der Waals surface area (Å²) in [6.07, 6.45) is 0. The molecule has 0 spiro atoms. The molecule has 1 aliphatic heterocycles. The van der Waals surface area contributed by atoms with Gasteiger partial charge in [-0.05, 0) is 52.3 Å². The lowest BCUT2D eigenvalue weighted by Crippen LogP contribution is -2.50. The molecule has 0 unspecified atom stereocenters. The van der Waals surface area contributed by atoms with Crippen LogP contribution in [0.1, 0.15) is 0 Å². The van der Waals surface area contributed by atoms with Crippen LogP contribution in [-0.4, -0.2) is 22.6 Å². The van der Waals surface area contributed by atoms with Crippen LogP contribution in [0.5, 0.6) is 0 Å². The second kappa shape index (κ2) is 9.61. The van der Waals surface area contributed by atoms with E-state index < -0.39 is 8.07 Å². The van der Waals surface area contributed by atoms with Crippen LogP contribution in [0.4, 0.5) is 0 Å². The van der Waals surface area contributed by atoms with Gasteiger partial charge in [0.25, 0.3) is 0 Å². The van der Waals surface area contributed by atoms with Crippen LogP contribution in [0.2, 0.25) is 13.1 Å². The molecule has 0 saturated carbocycles. The molecule has 222 valence electrons. The Hall–Kier alpha value is -5.78. The Morgan fingerprint density at radius 2 is 1.30 bits per heavy atom. The molecular formula is C42H29N3OSi. The summed E-state index contributed by atoms with van der Waals surface area (Å²) in [4.78, 5) is 10.6. The van der Waals surface area contributed by atoms with Crippen molar-refractivity contribution in [1.82, 2.24) is 14.5 Å². The molecule has 0 atom stereocenters. The van der Waals surface area contributed by atoms with E-state index in [0.29, 0.717) is 0 Å². The van der Waals surface area contributed by atoms with Crippen molar-refractivity contribution in [2.45, 2.75) is 13.1 Å². The van der Waals surface area contributed by atoms with E-state index in [0.717, 1.165) is 72.4 Å². The van der Waals surface area contributed by atoms with Crippen molar-refractivity contribution < 1.29 is 4.42 Å². The third kappa shape index (κ3) is 3.69. The number of fused-ring (bicyclic) bond motifs is 10. The summed E-state index contributed by atoms with van der Waals surface area (Å²) in [5.41, 5.74) is 10.7. The summed E-state index contributed by atoms with van der Waals surface area (Å²) < 4.78 is 8.92. The van der Waals surface area contributed by atoms with Crippen molar-refractivity contribution in [3.63, 3.8) is 0 Å². The highest BCUT2D eigenvalue weighted by Crippen LogP contribution is 2.41. The van der Waals surface area contributed by atoms with Gasteiger partial charge in [0.05, 0.1) is 27.8 Å². The minimum absolute atomic E-state index is 0.760. The zero-order valence-electron chi connectivity index (χ0n) is 26.0. The van der Waals surface area contributed by atoms with Gasteiger partial charge < -0.3 is 8.98 Å². The molecule has 0 N–H and O–H groups in total. The standard InChI is InChI=1S/C42H29N3OSi/c1-47(2)36-22-11-8-19-32(36)39-41(47)38(43-42(44-39)26-13-4-3-5-14-26)27-15-12-16-28(25-27)45-33-20-9-6-18-31(33)37-34(45)24-23-30-29-17-7-10-21-35(29)46-40(30)37/h3-25H,1-2H3. The average molecular weight is 620 g/mol. The molecule has 0 saturated heterocycles. The molecule has 6 aromatic carbocycles. The van der Waals surface area contributed by atoms with Gasteiger partial charge >= 0.3 is 0 Å². The predicted octanol–water partition coefficient (Wildman–Crippen LogP) is 9.61. The van der Waals surface area contributed by atoms with Crippen molar-refractivity contribution >= 4 is 62.2 Å². The Morgan fingerprint density at radius 3 is 2.19 bits per heavy atom. The molecule has 9 aromatic rings. The summed E-state index contributed by atoms with van der Waals surface area (Å²) >= 11 is 0. The van der Waals surface area contributed by atoms with E-state index >= 15 is 0 Å². The second-order valence-corrected chi connectivity index (χ2v) is 17.3.